The normalized spacial score (nSPS) is 10.0. The number of anilines is 2. The highest BCUT2D eigenvalue weighted by Crippen LogP contribution is 2.13. The van der Waals surface area contributed by atoms with Gasteiger partial charge in [0.15, 0.2) is 0 Å². The number of aliphatic hydroxyl groups excluding tert-OH is 1. The van der Waals surface area contributed by atoms with Crippen molar-refractivity contribution in [2.24, 2.45) is 0 Å². The van der Waals surface area contributed by atoms with Crippen LogP contribution in [0, 0.1) is 6.92 Å². The summed E-state index contributed by atoms with van der Waals surface area (Å²) in [5.41, 5.74) is 0. The summed E-state index contributed by atoms with van der Waals surface area (Å²) in [6.45, 7) is 2.53. The van der Waals surface area contributed by atoms with Crippen molar-refractivity contribution in [3.8, 4) is 0 Å². The fourth-order valence-corrected chi connectivity index (χ4v) is 1.14. The van der Waals surface area contributed by atoms with Gasteiger partial charge < -0.3 is 15.3 Å². The van der Waals surface area contributed by atoms with Gasteiger partial charge in [0.1, 0.15) is 17.5 Å². The summed E-state index contributed by atoms with van der Waals surface area (Å²) >= 11 is 0. The molecule has 0 saturated heterocycles. The van der Waals surface area contributed by atoms with Gasteiger partial charge in [-0.1, -0.05) is 0 Å². The Kier molecular flexibility index (Phi) is 3.64. The number of aryl methyl sites for hydroxylation is 1. The average molecular weight is 196 g/mol. The molecule has 0 aliphatic rings. The molecule has 5 nitrogen and oxygen atoms in total. The molecule has 2 N–H and O–H groups in total. The molecule has 0 saturated carbocycles. The Bertz CT molecular complexity index is 303. The number of hydrogen-bond acceptors (Lipinski definition) is 5. The molecular weight excluding hydrogens is 180 g/mol. The van der Waals surface area contributed by atoms with Crippen molar-refractivity contribution in [2.75, 3.05) is 37.5 Å². The van der Waals surface area contributed by atoms with E-state index in [2.05, 4.69) is 15.3 Å². The minimum absolute atomic E-state index is 0.119. The molecule has 0 radical (unpaired) electrons. The van der Waals surface area contributed by atoms with Crippen LogP contribution in [0.3, 0.4) is 0 Å². The summed E-state index contributed by atoms with van der Waals surface area (Å²) in [6.07, 6.45) is 0. The molecule has 0 spiro atoms. The highest BCUT2D eigenvalue weighted by molar-refractivity contribution is 5.48. The van der Waals surface area contributed by atoms with Gasteiger partial charge >= 0.3 is 0 Å². The first-order chi connectivity index (χ1) is 6.67. The quantitative estimate of drug-likeness (QED) is 0.723. The molecule has 1 rings (SSSR count). The number of aromatic nitrogens is 2. The van der Waals surface area contributed by atoms with Crippen molar-refractivity contribution >= 4 is 11.6 Å². The first-order valence-corrected chi connectivity index (χ1v) is 4.53. The minimum Gasteiger partial charge on any atom is -0.395 e. The van der Waals surface area contributed by atoms with E-state index in [1.807, 2.05) is 32.0 Å². The van der Waals surface area contributed by atoms with E-state index in [0.717, 1.165) is 17.5 Å². The van der Waals surface area contributed by atoms with E-state index in [1.54, 1.807) is 0 Å². The lowest BCUT2D eigenvalue weighted by Gasteiger charge is -2.17. The third-order valence-electron chi connectivity index (χ3n) is 1.91. The van der Waals surface area contributed by atoms with Crippen molar-refractivity contribution in [3.63, 3.8) is 0 Å². The summed E-state index contributed by atoms with van der Waals surface area (Å²) in [4.78, 5) is 10.3. The summed E-state index contributed by atoms with van der Waals surface area (Å²) in [5.74, 6) is 2.32. The molecule has 0 atom stereocenters. The lowest BCUT2D eigenvalue weighted by molar-refractivity contribution is 0.304. The predicted octanol–water partition coefficient (Wildman–Crippen LogP) is 0.255. The van der Waals surface area contributed by atoms with Gasteiger partial charge in [0.25, 0.3) is 0 Å². The first kappa shape index (κ1) is 10.7. The van der Waals surface area contributed by atoms with E-state index >= 15 is 0 Å². The number of aliphatic hydroxyl groups is 1. The van der Waals surface area contributed by atoms with Crippen molar-refractivity contribution in [1.29, 1.82) is 0 Å². The van der Waals surface area contributed by atoms with Gasteiger partial charge in [-0.3, -0.25) is 0 Å². The van der Waals surface area contributed by atoms with Crippen LogP contribution in [0.5, 0.6) is 0 Å². The van der Waals surface area contributed by atoms with Crippen LogP contribution in [0.15, 0.2) is 6.07 Å². The average Bonchev–Trinajstić information content (AvgIpc) is 2.17. The van der Waals surface area contributed by atoms with E-state index in [9.17, 15) is 0 Å². The number of rotatable bonds is 4. The lowest BCUT2D eigenvalue weighted by Crippen LogP contribution is -2.22. The summed E-state index contributed by atoms with van der Waals surface area (Å²) < 4.78 is 0. The SMILES string of the molecule is CNc1cc(N(C)CCO)nc(C)n1. The maximum atomic E-state index is 8.79. The van der Waals surface area contributed by atoms with Gasteiger partial charge in [0, 0.05) is 26.7 Å². The van der Waals surface area contributed by atoms with Gasteiger partial charge in [0.2, 0.25) is 0 Å². The van der Waals surface area contributed by atoms with Crippen molar-refractivity contribution < 1.29 is 5.11 Å². The monoisotopic (exact) mass is 196 g/mol. The second kappa shape index (κ2) is 4.76. The molecular formula is C9H16N4O. The van der Waals surface area contributed by atoms with Crippen LogP contribution in [-0.2, 0) is 0 Å². The molecule has 1 aromatic rings. The molecule has 0 fully saturated rings. The van der Waals surface area contributed by atoms with Crippen LogP contribution >= 0.6 is 0 Å². The Morgan fingerprint density at radius 1 is 1.50 bits per heavy atom. The lowest BCUT2D eigenvalue weighted by atomic mass is 10.4. The fraction of sp³-hybridized carbons (Fsp3) is 0.556. The Balaban J connectivity index is 2.90. The highest BCUT2D eigenvalue weighted by Gasteiger charge is 2.04. The minimum atomic E-state index is 0.119. The van der Waals surface area contributed by atoms with Crippen LogP contribution in [0.1, 0.15) is 5.82 Å². The molecule has 0 aromatic carbocycles. The van der Waals surface area contributed by atoms with Crippen LogP contribution in [0.25, 0.3) is 0 Å². The van der Waals surface area contributed by atoms with Gasteiger partial charge in [-0.15, -0.1) is 0 Å². The summed E-state index contributed by atoms with van der Waals surface area (Å²) in [6, 6.07) is 1.85. The smallest absolute Gasteiger partial charge is 0.134 e. The summed E-state index contributed by atoms with van der Waals surface area (Å²) in [5, 5.41) is 11.8. The maximum absolute atomic E-state index is 8.79. The van der Waals surface area contributed by atoms with Gasteiger partial charge in [0.05, 0.1) is 6.61 Å². The molecule has 5 heteroatoms. The van der Waals surface area contributed by atoms with Crippen LogP contribution in [-0.4, -0.2) is 42.3 Å². The van der Waals surface area contributed by atoms with E-state index in [4.69, 9.17) is 5.11 Å². The zero-order chi connectivity index (χ0) is 10.6. The second-order valence-electron chi connectivity index (χ2n) is 3.05. The van der Waals surface area contributed by atoms with Crippen LogP contribution < -0.4 is 10.2 Å². The molecule has 0 unspecified atom stereocenters. The van der Waals surface area contributed by atoms with E-state index < -0.39 is 0 Å². The zero-order valence-electron chi connectivity index (χ0n) is 8.78. The maximum Gasteiger partial charge on any atom is 0.134 e. The number of nitrogens with zero attached hydrogens (tertiary/aromatic N) is 3. The summed E-state index contributed by atoms with van der Waals surface area (Å²) in [7, 11) is 3.70. The Labute approximate surface area is 83.8 Å². The first-order valence-electron chi connectivity index (χ1n) is 4.53. The highest BCUT2D eigenvalue weighted by atomic mass is 16.3. The van der Waals surface area contributed by atoms with Gasteiger partial charge in [-0.05, 0) is 6.92 Å². The molecule has 78 valence electrons. The van der Waals surface area contributed by atoms with Crippen molar-refractivity contribution in [2.45, 2.75) is 6.92 Å². The van der Waals surface area contributed by atoms with E-state index in [1.165, 1.54) is 0 Å². The van der Waals surface area contributed by atoms with Gasteiger partial charge in [-0.2, -0.15) is 0 Å². The Morgan fingerprint density at radius 3 is 2.79 bits per heavy atom. The third kappa shape index (κ3) is 2.56. The molecule has 0 bridgehead atoms. The molecule has 0 aliphatic heterocycles. The number of likely N-dealkylation sites (N-methyl/N-ethyl adjacent to an activating group) is 1. The predicted molar refractivity (Wildman–Crippen MR) is 56.7 cm³/mol. The topological polar surface area (TPSA) is 61.3 Å². The molecule has 14 heavy (non-hydrogen) atoms. The van der Waals surface area contributed by atoms with Crippen LogP contribution in [0.2, 0.25) is 0 Å². The Morgan fingerprint density at radius 2 is 2.21 bits per heavy atom. The molecule has 1 heterocycles. The Hall–Kier alpha value is -1.36. The second-order valence-corrected chi connectivity index (χ2v) is 3.05. The number of nitrogens with one attached hydrogen (secondary N) is 1. The molecule has 0 amide bonds. The van der Waals surface area contributed by atoms with E-state index in [0.29, 0.717) is 6.54 Å². The standard InChI is InChI=1S/C9H16N4O/c1-7-11-8(10-2)6-9(12-7)13(3)4-5-14/h6,14H,4-5H2,1-3H3,(H,10,11,12). The third-order valence-corrected chi connectivity index (χ3v) is 1.91. The van der Waals surface area contributed by atoms with Crippen molar-refractivity contribution in [3.05, 3.63) is 11.9 Å². The van der Waals surface area contributed by atoms with Crippen LogP contribution in [0.4, 0.5) is 11.6 Å². The molecule has 0 aliphatic carbocycles. The zero-order valence-corrected chi connectivity index (χ0v) is 8.78. The fourth-order valence-electron chi connectivity index (χ4n) is 1.14. The molecule has 1 aromatic heterocycles. The number of hydrogen-bond donors (Lipinski definition) is 2. The van der Waals surface area contributed by atoms with E-state index in [-0.39, 0.29) is 6.61 Å². The largest absolute Gasteiger partial charge is 0.395 e. The van der Waals surface area contributed by atoms with Crippen molar-refractivity contribution in [1.82, 2.24) is 9.97 Å². The van der Waals surface area contributed by atoms with Gasteiger partial charge in [-0.25, -0.2) is 9.97 Å².